The molecule has 2 heterocycles. The molecule has 90 valence electrons. The summed E-state index contributed by atoms with van der Waals surface area (Å²) in [6.45, 7) is 3.79. The summed E-state index contributed by atoms with van der Waals surface area (Å²) in [6.07, 6.45) is 5.28. The van der Waals surface area contributed by atoms with Crippen molar-refractivity contribution in [1.29, 1.82) is 0 Å². The average Bonchev–Trinajstić information content (AvgIpc) is 2.56. The van der Waals surface area contributed by atoms with Gasteiger partial charge in [0.15, 0.2) is 5.82 Å². The first kappa shape index (κ1) is 11.5. The van der Waals surface area contributed by atoms with Crippen molar-refractivity contribution in [2.24, 2.45) is 0 Å². The Hall–Kier alpha value is -0.940. The predicted molar refractivity (Wildman–Crippen MR) is 60.8 cm³/mol. The van der Waals surface area contributed by atoms with Crippen LogP contribution in [0.1, 0.15) is 37.4 Å². The zero-order valence-electron chi connectivity index (χ0n) is 9.91. The van der Waals surface area contributed by atoms with Crippen LogP contribution in [-0.4, -0.2) is 35.2 Å². The lowest BCUT2D eigenvalue weighted by atomic mass is 10.2. The molecule has 1 aromatic rings. The number of nitrogens with zero attached hydrogens (tertiary/aromatic N) is 3. The summed E-state index contributed by atoms with van der Waals surface area (Å²) in [5.74, 6) is 1.49. The zero-order valence-corrected chi connectivity index (χ0v) is 9.91. The third kappa shape index (κ3) is 3.28. The molecule has 0 amide bonds. The number of aromatic nitrogens is 2. The fourth-order valence-corrected chi connectivity index (χ4v) is 2.07. The molecule has 1 aliphatic rings. The molecule has 5 heteroatoms. The Morgan fingerprint density at radius 2 is 2.00 bits per heavy atom. The molecule has 0 aromatic carbocycles. The second kappa shape index (κ2) is 5.96. The predicted octanol–water partition coefficient (Wildman–Crippen LogP) is 1.16. The molecule has 1 aromatic heterocycles. The fourth-order valence-electron chi connectivity index (χ4n) is 2.07. The van der Waals surface area contributed by atoms with Crippen LogP contribution in [0.3, 0.4) is 0 Å². The number of likely N-dealkylation sites (tertiary alicyclic amines) is 1. The summed E-state index contributed by atoms with van der Waals surface area (Å²) in [6, 6.07) is 0. The van der Waals surface area contributed by atoms with Crippen LogP contribution < -0.4 is 5.32 Å². The van der Waals surface area contributed by atoms with E-state index in [9.17, 15) is 0 Å². The molecular formula is C11H20N4O. The van der Waals surface area contributed by atoms with Gasteiger partial charge < -0.3 is 9.84 Å². The van der Waals surface area contributed by atoms with Crippen LogP contribution in [0.5, 0.6) is 0 Å². The lowest BCUT2D eigenvalue weighted by Gasteiger charge is -2.16. The minimum absolute atomic E-state index is 0.670. The topological polar surface area (TPSA) is 54.2 Å². The molecule has 0 atom stereocenters. The molecule has 16 heavy (non-hydrogen) atoms. The Morgan fingerprint density at radius 1 is 1.25 bits per heavy atom. The van der Waals surface area contributed by atoms with E-state index in [1.165, 1.54) is 25.7 Å². The lowest BCUT2D eigenvalue weighted by molar-refractivity contribution is 0.233. The van der Waals surface area contributed by atoms with Crippen LogP contribution in [0.25, 0.3) is 0 Å². The van der Waals surface area contributed by atoms with Gasteiger partial charge in [-0.2, -0.15) is 4.98 Å². The highest BCUT2D eigenvalue weighted by atomic mass is 16.5. The summed E-state index contributed by atoms with van der Waals surface area (Å²) in [5, 5.41) is 6.93. The van der Waals surface area contributed by atoms with Gasteiger partial charge in [0.1, 0.15) is 0 Å². The standard InChI is InChI=1S/C11H20N4O/c1-12-8-10-13-11(16-14-10)9-15-6-4-2-3-5-7-15/h12H,2-9H2,1H3. The molecular weight excluding hydrogens is 204 g/mol. The van der Waals surface area contributed by atoms with E-state index in [4.69, 9.17) is 4.52 Å². The van der Waals surface area contributed by atoms with Crippen molar-refractivity contribution in [2.45, 2.75) is 38.8 Å². The molecule has 5 nitrogen and oxygen atoms in total. The van der Waals surface area contributed by atoms with Crippen LogP contribution in [0, 0.1) is 0 Å². The molecule has 1 aliphatic heterocycles. The molecule has 1 saturated heterocycles. The van der Waals surface area contributed by atoms with Crippen molar-refractivity contribution < 1.29 is 4.52 Å². The molecule has 2 rings (SSSR count). The summed E-state index contributed by atoms with van der Waals surface area (Å²) in [5.41, 5.74) is 0. The van der Waals surface area contributed by atoms with Crippen LogP contribution in [-0.2, 0) is 13.1 Å². The fraction of sp³-hybridized carbons (Fsp3) is 0.818. The highest BCUT2D eigenvalue weighted by molar-refractivity contribution is 4.86. The Kier molecular flexibility index (Phi) is 4.30. The summed E-state index contributed by atoms with van der Waals surface area (Å²) in [7, 11) is 1.88. The van der Waals surface area contributed by atoms with Gasteiger partial charge in [0.05, 0.1) is 13.1 Å². The van der Waals surface area contributed by atoms with Crippen molar-refractivity contribution in [1.82, 2.24) is 20.4 Å². The first-order valence-corrected chi connectivity index (χ1v) is 6.07. The largest absolute Gasteiger partial charge is 0.338 e. The van der Waals surface area contributed by atoms with Crippen LogP contribution in [0.2, 0.25) is 0 Å². The smallest absolute Gasteiger partial charge is 0.240 e. The average molecular weight is 224 g/mol. The Morgan fingerprint density at radius 3 is 2.69 bits per heavy atom. The van der Waals surface area contributed by atoms with Gasteiger partial charge in [0, 0.05) is 0 Å². The van der Waals surface area contributed by atoms with E-state index >= 15 is 0 Å². The van der Waals surface area contributed by atoms with E-state index in [1.54, 1.807) is 0 Å². The Balaban J connectivity index is 1.86. The SMILES string of the molecule is CNCc1noc(CN2CCCCCC2)n1. The quantitative estimate of drug-likeness (QED) is 0.832. The Bertz CT molecular complexity index is 305. The molecule has 0 radical (unpaired) electrons. The van der Waals surface area contributed by atoms with E-state index in [1.807, 2.05) is 7.05 Å². The van der Waals surface area contributed by atoms with Crippen LogP contribution in [0.4, 0.5) is 0 Å². The monoisotopic (exact) mass is 224 g/mol. The van der Waals surface area contributed by atoms with Gasteiger partial charge in [-0.25, -0.2) is 0 Å². The minimum atomic E-state index is 0.670. The van der Waals surface area contributed by atoms with E-state index in [2.05, 4.69) is 20.4 Å². The van der Waals surface area contributed by atoms with Crippen molar-refractivity contribution in [2.75, 3.05) is 20.1 Å². The van der Waals surface area contributed by atoms with Gasteiger partial charge in [0.2, 0.25) is 5.89 Å². The highest BCUT2D eigenvalue weighted by Gasteiger charge is 2.13. The lowest BCUT2D eigenvalue weighted by Crippen LogP contribution is -2.24. The van der Waals surface area contributed by atoms with Gasteiger partial charge in [-0.05, 0) is 33.0 Å². The minimum Gasteiger partial charge on any atom is -0.338 e. The van der Waals surface area contributed by atoms with Gasteiger partial charge in [0.25, 0.3) is 0 Å². The molecule has 1 N–H and O–H groups in total. The summed E-state index contributed by atoms with van der Waals surface area (Å²) < 4.78 is 5.22. The first-order valence-electron chi connectivity index (χ1n) is 6.07. The van der Waals surface area contributed by atoms with Crippen molar-refractivity contribution >= 4 is 0 Å². The Labute approximate surface area is 96.2 Å². The van der Waals surface area contributed by atoms with Gasteiger partial charge >= 0.3 is 0 Å². The summed E-state index contributed by atoms with van der Waals surface area (Å²) in [4.78, 5) is 6.75. The molecule has 1 fully saturated rings. The third-order valence-electron chi connectivity index (χ3n) is 2.90. The normalized spacial score (nSPS) is 18.6. The van der Waals surface area contributed by atoms with Gasteiger partial charge in [-0.1, -0.05) is 18.0 Å². The van der Waals surface area contributed by atoms with Crippen molar-refractivity contribution in [3.63, 3.8) is 0 Å². The second-order valence-corrected chi connectivity index (χ2v) is 4.33. The molecule has 0 saturated carbocycles. The van der Waals surface area contributed by atoms with Crippen LogP contribution >= 0.6 is 0 Å². The van der Waals surface area contributed by atoms with Crippen molar-refractivity contribution in [3.05, 3.63) is 11.7 Å². The number of nitrogens with one attached hydrogen (secondary N) is 1. The number of hydrogen-bond donors (Lipinski definition) is 1. The van der Waals surface area contributed by atoms with Gasteiger partial charge in [-0.15, -0.1) is 0 Å². The molecule has 0 aliphatic carbocycles. The number of rotatable bonds is 4. The first-order chi connectivity index (χ1) is 7.88. The summed E-state index contributed by atoms with van der Waals surface area (Å²) >= 11 is 0. The highest BCUT2D eigenvalue weighted by Crippen LogP contribution is 2.12. The van der Waals surface area contributed by atoms with Gasteiger partial charge in [-0.3, -0.25) is 4.90 Å². The molecule has 0 bridgehead atoms. The van der Waals surface area contributed by atoms with E-state index < -0.39 is 0 Å². The third-order valence-corrected chi connectivity index (χ3v) is 2.90. The zero-order chi connectivity index (χ0) is 11.2. The van der Waals surface area contributed by atoms with E-state index in [0.29, 0.717) is 6.54 Å². The maximum atomic E-state index is 5.22. The number of hydrogen-bond acceptors (Lipinski definition) is 5. The maximum Gasteiger partial charge on any atom is 0.240 e. The second-order valence-electron chi connectivity index (χ2n) is 4.33. The molecule has 0 spiro atoms. The van der Waals surface area contributed by atoms with Crippen LogP contribution in [0.15, 0.2) is 4.52 Å². The van der Waals surface area contributed by atoms with E-state index in [-0.39, 0.29) is 0 Å². The van der Waals surface area contributed by atoms with E-state index in [0.717, 1.165) is 31.3 Å². The maximum absolute atomic E-state index is 5.22. The van der Waals surface area contributed by atoms with Crippen molar-refractivity contribution in [3.8, 4) is 0 Å². The molecule has 0 unspecified atom stereocenters.